The average Bonchev–Trinajstić information content (AvgIpc) is 2.66. The second kappa shape index (κ2) is 8.93. The van der Waals surface area contributed by atoms with E-state index in [0.717, 1.165) is 44.1 Å². The first-order valence-corrected chi connectivity index (χ1v) is 8.94. The number of amides is 1. The van der Waals surface area contributed by atoms with Gasteiger partial charge in [0.05, 0.1) is 13.2 Å². The highest BCUT2D eigenvalue weighted by molar-refractivity contribution is 6.31. The van der Waals surface area contributed by atoms with E-state index in [4.69, 9.17) is 16.3 Å². The third-order valence-electron chi connectivity index (χ3n) is 4.13. The first kappa shape index (κ1) is 18.6. The van der Waals surface area contributed by atoms with Gasteiger partial charge >= 0.3 is 0 Å². The molecule has 0 bridgehead atoms. The molecule has 0 atom stereocenters. The van der Waals surface area contributed by atoms with Crippen LogP contribution in [0, 0.1) is 6.92 Å². The largest absolute Gasteiger partial charge is 0.379 e. The fraction of sp³-hybridized carbons (Fsp3) is 0.389. The van der Waals surface area contributed by atoms with Crippen LogP contribution in [0.5, 0.6) is 0 Å². The van der Waals surface area contributed by atoms with Gasteiger partial charge in [0.25, 0.3) is 5.91 Å². The van der Waals surface area contributed by atoms with E-state index >= 15 is 0 Å². The lowest BCUT2D eigenvalue weighted by Crippen LogP contribution is -2.41. The fourth-order valence-corrected chi connectivity index (χ4v) is 2.77. The molecule has 0 saturated carbocycles. The minimum absolute atomic E-state index is 0.217. The standard InChI is InChI=1S/C18H22ClN5O2/c1-13-2-3-14(12-15(13)19)22-18-21-5-4-16(23-18)17(25)20-6-7-24-8-10-26-11-9-24/h2-5,12H,6-11H2,1H3,(H,20,25)(H,21,22,23). The molecule has 2 aromatic rings. The van der Waals surface area contributed by atoms with Gasteiger partial charge in [-0.05, 0) is 30.7 Å². The smallest absolute Gasteiger partial charge is 0.270 e. The third kappa shape index (κ3) is 5.14. The summed E-state index contributed by atoms with van der Waals surface area (Å²) in [6.07, 6.45) is 1.56. The maximum atomic E-state index is 12.3. The average molecular weight is 376 g/mol. The Morgan fingerprint density at radius 1 is 1.31 bits per heavy atom. The molecule has 3 rings (SSSR count). The van der Waals surface area contributed by atoms with E-state index in [0.29, 0.717) is 23.2 Å². The van der Waals surface area contributed by atoms with Crippen LogP contribution in [0.3, 0.4) is 0 Å². The molecule has 1 aliphatic rings. The number of anilines is 2. The summed E-state index contributed by atoms with van der Waals surface area (Å²) < 4.78 is 5.31. The van der Waals surface area contributed by atoms with Gasteiger partial charge in [0, 0.05) is 43.1 Å². The van der Waals surface area contributed by atoms with Gasteiger partial charge in [0.2, 0.25) is 5.95 Å². The van der Waals surface area contributed by atoms with E-state index in [2.05, 4.69) is 25.5 Å². The van der Waals surface area contributed by atoms with Crippen LogP contribution in [0.25, 0.3) is 0 Å². The van der Waals surface area contributed by atoms with Crippen molar-refractivity contribution in [2.45, 2.75) is 6.92 Å². The molecule has 7 nitrogen and oxygen atoms in total. The molecule has 1 aromatic heterocycles. The summed E-state index contributed by atoms with van der Waals surface area (Å²) in [5, 5.41) is 6.62. The molecule has 1 aliphatic heterocycles. The molecule has 1 saturated heterocycles. The van der Waals surface area contributed by atoms with Crippen molar-refractivity contribution in [1.82, 2.24) is 20.2 Å². The number of morpholine rings is 1. The minimum Gasteiger partial charge on any atom is -0.379 e. The van der Waals surface area contributed by atoms with Crippen LogP contribution >= 0.6 is 11.6 Å². The van der Waals surface area contributed by atoms with Gasteiger partial charge in [-0.2, -0.15) is 0 Å². The van der Waals surface area contributed by atoms with Crippen LogP contribution in [0.4, 0.5) is 11.6 Å². The lowest BCUT2D eigenvalue weighted by Gasteiger charge is -2.26. The Morgan fingerprint density at radius 2 is 2.12 bits per heavy atom. The van der Waals surface area contributed by atoms with Crippen LogP contribution in [0.1, 0.15) is 16.1 Å². The van der Waals surface area contributed by atoms with Crippen molar-refractivity contribution >= 4 is 29.1 Å². The Kier molecular flexibility index (Phi) is 6.38. The zero-order valence-electron chi connectivity index (χ0n) is 14.7. The Balaban J connectivity index is 1.55. The van der Waals surface area contributed by atoms with Gasteiger partial charge in [0.15, 0.2) is 0 Å². The highest BCUT2D eigenvalue weighted by atomic mass is 35.5. The summed E-state index contributed by atoms with van der Waals surface area (Å²) in [5.74, 6) is 0.136. The van der Waals surface area contributed by atoms with Gasteiger partial charge < -0.3 is 15.4 Å². The molecule has 8 heteroatoms. The molecular formula is C18H22ClN5O2. The van der Waals surface area contributed by atoms with E-state index in [9.17, 15) is 4.79 Å². The zero-order chi connectivity index (χ0) is 18.4. The molecule has 0 radical (unpaired) electrons. The van der Waals surface area contributed by atoms with Crippen LogP contribution < -0.4 is 10.6 Å². The summed E-state index contributed by atoms with van der Waals surface area (Å²) in [6, 6.07) is 7.19. The fourth-order valence-electron chi connectivity index (χ4n) is 2.59. The molecule has 0 spiro atoms. The van der Waals surface area contributed by atoms with Crippen molar-refractivity contribution in [1.29, 1.82) is 0 Å². The molecule has 26 heavy (non-hydrogen) atoms. The van der Waals surface area contributed by atoms with Gasteiger partial charge in [-0.3, -0.25) is 9.69 Å². The Labute approximate surface area is 157 Å². The number of aromatic nitrogens is 2. The van der Waals surface area contributed by atoms with Gasteiger partial charge in [-0.15, -0.1) is 0 Å². The number of aryl methyl sites for hydroxylation is 1. The zero-order valence-corrected chi connectivity index (χ0v) is 15.4. The van der Waals surface area contributed by atoms with Crippen LogP contribution in [-0.4, -0.2) is 60.2 Å². The molecular weight excluding hydrogens is 354 g/mol. The van der Waals surface area contributed by atoms with E-state index < -0.39 is 0 Å². The highest BCUT2D eigenvalue weighted by Crippen LogP contribution is 2.21. The number of rotatable bonds is 6. The molecule has 2 heterocycles. The van der Waals surface area contributed by atoms with Gasteiger partial charge in [-0.25, -0.2) is 9.97 Å². The first-order chi connectivity index (χ1) is 12.6. The predicted octanol–water partition coefficient (Wildman–Crippen LogP) is 2.24. The van der Waals surface area contributed by atoms with Crippen LogP contribution in [0.15, 0.2) is 30.5 Å². The number of nitrogens with one attached hydrogen (secondary N) is 2. The molecule has 0 unspecified atom stereocenters. The molecule has 138 valence electrons. The van der Waals surface area contributed by atoms with Crippen LogP contribution in [0.2, 0.25) is 5.02 Å². The minimum atomic E-state index is -0.217. The number of benzene rings is 1. The predicted molar refractivity (Wildman–Crippen MR) is 101 cm³/mol. The van der Waals surface area contributed by atoms with Gasteiger partial charge in [-0.1, -0.05) is 17.7 Å². The monoisotopic (exact) mass is 375 g/mol. The number of halogens is 1. The SMILES string of the molecule is Cc1ccc(Nc2nccc(C(=O)NCCN3CCOCC3)n2)cc1Cl. The molecule has 1 amide bonds. The summed E-state index contributed by atoms with van der Waals surface area (Å²) in [4.78, 5) is 23.0. The van der Waals surface area contributed by atoms with Crippen LogP contribution in [-0.2, 0) is 4.74 Å². The Morgan fingerprint density at radius 3 is 2.88 bits per heavy atom. The second-order valence-corrected chi connectivity index (χ2v) is 6.47. The summed E-state index contributed by atoms with van der Waals surface area (Å²) in [5.41, 5.74) is 2.08. The van der Waals surface area contributed by atoms with Crippen molar-refractivity contribution in [3.8, 4) is 0 Å². The van der Waals surface area contributed by atoms with E-state index in [1.165, 1.54) is 0 Å². The first-order valence-electron chi connectivity index (χ1n) is 8.56. The van der Waals surface area contributed by atoms with E-state index in [1.54, 1.807) is 18.3 Å². The molecule has 1 fully saturated rings. The molecule has 1 aromatic carbocycles. The summed E-state index contributed by atoms with van der Waals surface area (Å²) in [6.45, 7) is 6.60. The lowest BCUT2D eigenvalue weighted by atomic mass is 10.2. The van der Waals surface area contributed by atoms with Crippen molar-refractivity contribution in [2.75, 3.05) is 44.7 Å². The normalized spacial score (nSPS) is 14.8. The van der Waals surface area contributed by atoms with Gasteiger partial charge in [0.1, 0.15) is 5.69 Å². The number of nitrogens with zero attached hydrogens (tertiary/aromatic N) is 3. The van der Waals surface area contributed by atoms with E-state index in [-0.39, 0.29) is 5.91 Å². The number of hydrogen-bond acceptors (Lipinski definition) is 6. The molecule has 2 N–H and O–H groups in total. The Hall–Kier alpha value is -2.22. The number of hydrogen-bond donors (Lipinski definition) is 2. The quantitative estimate of drug-likeness (QED) is 0.806. The maximum absolute atomic E-state index is 12.3. The van der Waals surface area contributed by atoms with Crippen molar-refractivity contribution < 1.29 is 9.53 Å². The number of carbonyl (C=O) groups excluding carboxylic acids is 1. The summed E-state index contributed by atoms with van der Waals surface area (Å²) in [7, 11) is 0. The van der Waals surface area contributed by atoms with Crippen molar-refractivity contribution in [3.63, 3.8) is 0 Å². The number of carbonyl (C=O) groups is 1. The molecule has 0 aliphatic carbocycles. The summed E-state index contributed by atoms with van der Waals surface area (Å²) >= 11 is 6.13. The Bertz CT molecular complexity index is 765. The lowest BCUT2D eigenvalue weighted by molar-refractivity contribution is 0.0383. The van der Waals surface area contributed by atoms with E-state index in [1.807, 2.05) is 19.1 Å². The maximum Gasteiger partial charge on any atom is 0.270 e. The van der Waals surface area contributed by atoms with Crippen molar-refractivity contribution in [2.24, 2.45) is 0 Å². The van der Waals surface area contributed by atoms with Crippen molar-refractivity contribution in [3.05, 3.63) is 46.7 Å². The second-order valence-electron chi connectivity index (χ2n) is 6.06. The number of ether oxygens (including phenoxy) is 1. The highest BCUT2D eigenvalue weighted by Gasteiger charge is 2.12. The topological polar surface area (TPSA) is 79.4 Å². The third-order valence-corrected chi connectivity index (χ3v) is 4.54.